The molecule has 21 heavy (non-hydrogen) atoms. The number of nitrogens with two attached hydrogens (primary N) is 1. The largest absolute Gasteiger partial charge is 0.377 e. The second kappa shape index (κ2) is 6.03. The van der Waals surface area contributed by atoms with Gasteiger partial charge in [0.25, 0.3) is 0 Å². The molecule has 7 nitrogen and oxygen atoms in total. The Labute approximate surface area is 125 Å². The van der Waals surface area contributed by atoms with Crippen LogP contribution in [0.5, 0.6) is 0 Å². The first kappa shape index (κ1) is 14.3. The van der Waals surface area contributed by atoms with E-state index in [2.05, 4.69) is 33.6 Å². The first-order chi connectivity index (χ1) is 10.1. The highest BCUT2D eigenvalue weighted by atomic mass is 16.5. The molecule has 7 heteroatoms. The molecule has 1 aromatic rings. The van der Waals surface area contributed by atoms with Gasteiger partial charge in [-0.05, 0) is 13.8 Å². The lowest BCUT2D eigenvalue weighted by Gasteiger charge is -2.37. The Kier molecular flexibility index (Phi) is 4.12. The van der Waals surface area contributed by atoms with Crippen molar-refractivity contribution in [1.82, 2.24) is 9.97 Å². The fourth-order valence-corrected chi connectivity index (χ4v) is 2.87. The molecule has 0 saturated carbocycles. The van der Waals surface area contributed by atoms with Crippen molar-refractivity contribution in [2.45, 2.75) is 25.9 Å². The monoisotopic (exact) mass is 293 g/mol. The van der Waals surface area contributed by atoms with Gasteiger partial charge in [0.2, 0.25) is 5.95 Å². The maximum Gasteiger partial charge on any atom is 0.223 e. The predicted octanol–water partition coefficient (Wildman–Crippen LogP) is 0.509. The van der Waals surface area contributed by atoms with Crippen LogP contribution < -0.4 is 15.5 Å². The smallest absolute Gasteiger partial charge is 0.223 e. The number of nitrogen functional groups attached to an aromatic ring is 1. The Hall–Kier alpha value is -1.60. The van der Waals surface area contributed by atoms with Gasteiger partial charge >= 0.3 is 0 Å². The Morgan fingerprint density at radius 3 is 1.90 bits per heavy atom. The molecule has 0 aromatic carbocycles. The fraction of sp³-hybridized carbons (Fsp3) is 0.714. The number of hydrogen-bond acceptors (Lipinski definition) is 7. The SMILES string of the molecule is C[C@H]1COCCN1c1cc(N2CCOC[C@@H]2C)nc(N)n1. The number of nitrogens with zero attached hydrogens (tertiary/aromatic N) is 4. The van der Waals surface area contributed by atoms with Crippen LogP contribution >= 0.6 is 0 Å². The van der Waals surface area contributed by atoms with Gasteiger partial charge in [0.05, 0.1) is 38.5 Å². The van der Waals surface area contributed by atoms with Gasteiger partial charge < -0.3 is 25.0 Å². The van der Waals surface area contributed by atoms with Crippen LogP contribution in [0.2, 0.25) is 0 Å². The number of anilines is 3. The van der Waals surface area contributed by atoms with E-state index in [-0.39, 0.29) is 0 Å². The second-order valence-corrected chi connectivity index (χ2v) is 5.68. The van der Waals surface area contributed by atoms with Crippen molar-refractivity contribution in [2.24, 2.45) is 0 Å². The molecule has 0 bridgehead atoms. The van der Waals surface area contributed by atoms with Crippen LogP contribution in [0.15, 0.2) is 6.07 Å². The quantitative estimate of drug-likeness (QED) is 0.851. The third kappa shape index (κ3) is 3.03. The fourth-order valence-electron chi connectivity index (χ4n) is 2.87. The van der Waals surface area contributed by atoms with E-state index in [0.29, 0.717) is 31.2 Å². The van der Waals surface area contributed by atoms with Crippen molar-refractivity contribution in [1.29, 1.82) is 0 Å². The van der Waals surface area contributed by atoms with E-state index in [1.807, 2.05) is 6.07 Å². The third-order valence-electron chi connectivity index (χ3n) is 4.04. The highest BCUT2D eigenvalue weighted by Gasteiger charge is 2.25. The van der Waals surface area contributed by atoms with Crippen molar-refractivity contribution in [3.63, 3.8) is 0 Å². The molecule has 1 aromatic heterocycles. The maximum atomic E-state index is 5.93. The molecule has 2 saturated heterocycles. The molecule has 3 heterocycles. The van der Waals surface area contributed by atoms with Gasteiger partial charge in [-0.25, -0.2) is 0 Å². The average Bonchev–Trinajstić information content (AvgIpc) is 2.47. The normalized spacial score (nSPS) is 27.0. The topological polar surface area (TPSA) is 76.7 Å². The molecule has 116 valence electrons. The van der Waals surface area contributed by atoms with Crippen LogP contribution in [0.4, 0.5) is 17.6 Å². The van der Waals surface area contributed by atoms with Crippen LogP contribution in [0.1, 0.15) is 13.8 Å². The van der Waals surface area contributed by atoms with Crippen molar-refractivity contribution in [3.8, 4) is 0 Å². The minimum atomic E-state index is 0.294. The van der Waals surface area contributed by atoms with Crippen LogP contribution in [-0.4, -0.2) is 61.6 Å². The molecular weight excluding hydrogens is 270 g/mol. The molecule has 2 N–H and O–H groups in total. The van der Waals surface area contributed by atoms with E-state index in [0.717, 1.165) is 37.9 Å². The minimum Gasteiger partial charge on any atom is -0.377 e. The highest BCUT2D eigenvalue weighted by Crippen LogP contribution is 2.25. The Balaban J connectivity index is 1.88. The number of morpholine rings is 2. The molecule has 2 fully saturated rings. The maximum absolute atomic E-state index is 5.93. The van der Waals surface area contributed by atoms with E-state index in [1.165, 1.54) is 0 Å². The Morgan fingerprint density at radius 1 is 1.00 bits per heavy atom. The molecule has 2 aliphatic rings. The number of aromatic nitrogens is 2. The summed E-state index contributed by atoms with van der Waals surface area (Å²) in [5.41, 5.74) is 5.93. The van der Waals surface area contributed by atoms with Crippen molar-refractivity contribution < 1.29 is 9.47 Å². The van der Waals surface area contributed by atoms with Gasteiger partial charge in [-0.1, -0.05) is 0 Å². The Morgan fingerprint density at radius 2 is 1.48 bits per heavy atom. The minimum absolute atomic E-state index is 0.294. The van der Waals surface area contributed by atoms with Crippen LogP contribution in [0.25, 0.3) is 0 Å². The lowest BCUT2D eigenvalue weighted by molar-refractivity contribution is 0.0978. The first-order valence-electron chi connectivity index (χ1n) is 7.48. The summed E-state index contributed by atoms with van der Waals surface area (Å²) in [5.74, 6) is 2.08. The van der Waals surface area contributed by atoms with Gasteiger partial charge in [-0.3, -0.25) is 0 Å². The zero-order valence-corrected chi connectivity index (χ0v) is 12.7. The summed E-state index contributed by atoms with van der Waals surface area (Å²) in [7, 11) is 0. The zero-order valence-electron chi connectivity index (χ0n) is 12.7. The van der Waals surface area contributed by atoms with Gasteiger partial charge in [0.1, 0.15) is 11.6 Å². The first-order valence-corrected chi connectivity index (χ1v) is 7.48. The predicted molar refractivity (Wildman–Crippen MR) is 81.7 cm³/mol. The van der Waals surface area contributed by atoms with Crippen molar-refractivity contribution in [3.05, 3.63) is 6.07 Å². The molecule has 0 amide bonds. The molecule has 0 aliphatic carbocycles. The second-order valence-electron chi connectivity index (χ2n) is 5.68. The summed E-state index contributed by atoms with van der Waals surface area (Å²) in [4.78, 5) is 13.3. The summed E-state index contributed by atoms with van der Waals surface area (Å²) in [6.45, 7) is 8.80. The molecular formula is C14H23N5O2. The lowest BCUT2D eigenvalue weighted by atomic mass is 10.2. The van der Waals surface area contributed by atoms with Gasteiger partial charge in [0, 0.05) is 19.2 Å². The summed E-state index contributed by atoms with van der Waals surface area (Å²) >= 11 is 0. The summed E-state index contributed by atoms with van der Waals surface area (Å²) in [6, 6.07) is 2.62. The summed E-state index contributed by atoms with van der Waals surface area (Å²) < 4.78 is 11.0. The number of rotatable bonds is 2. The molecule has 0 unspecified atom stereocenters. The molecule has 0 spiro atoms. The van der Waals surface area contributed by atoms with Crippen molar-refractivity contribution >= 4 is 17.6 Å². The van der Waals surface area contributed by atoms with E-state index in [4.69, 9.17) is 15.2 Å². The van der Waals surface area contributed by atoms with E-state index in [9.17, 15) is 0 Å². The standard InChI is InChI=1S/C14H23N5O2/c1-10-8-20-5-3-18(10)12-7-13(17-14(15)16-12)19-4-6-21-9-11(19)2/h7,10-11H,3-6,8-9H2,1-2H3,(H2,15,16,17)/t10-,11-/m0/s1. The highest BCUT2D eigenvalue weighted by molar-refractivity contribution is 5.55. The van der Waals surface area contributed by atoms with E-state index < -0.39 is 0 Å². The Bertz CT molecular complexity index is 458. The third-order valence-corrected chi connectivity index (χ3v) is 4.04. The molecule has 3 rings (SSSR count). The average molecular weight is 293 g/mol. The number of hydrogen-bond donors (Lipinski definition) is 1. The molecule has 0 radical (unpaired) electrons. The van der Waals surface area contributed by atoms with Crippen LogP contribution in [0, 0.1) is 0 Å². The van der Waals surface area contributed by atoms with Gasteiger partial charge in [-0.15, -0.1) is 0 Å². The van der Waals surface area contributed by atoms with E-state index >= 15 is 0 Å². The van der Waals surface area contributed by atoms with Crippen LogP contribution in [-0.2, 0) is 9.47 Å². The number of ether oxygens (including phenoxy) is 2. The van der Waals surface area contributed by atoms with Crippen LogP contribution in [0.3, 0.4) is 0 Å². The lowest BCUT2D eigenvalue weighted by Crippen LogP contribution is -2.45. The summed E-state index contributed by atoms with van der Waals surface area (Å²) in [5, 5.41) is 0. The summed E-state index contributed by atoms with van der Waals surface area (Å²) in [6.07, 6.45) is 0. The van der Waals surface area contributed by atoms with Crippen molar-refractivity contribution in [2.75, 3.05) is 55.1 Å². The molecule has 2 aliphatic heterocycles. The van der Waals surface area contributed by atoms with Gasteiger partial charge in [0.15, 0.2) is 0 Å². The van der Waals surface area contributed by atoms with Gasteiger partial charge in [-0.2, -0.15) is 9.97 Å². The van der Waals surface area contributed by atoms with E-state index in [1.54, 1.807) is 0 Å². The molecule has 2 atom stereocenters. The zero-order chi connectivity index (χ0) is 14.8.